The van der Waals surface area contributed by atoms with E-state index in [-0.39, 0.29) is 5.70 Å². The van der Waals surface area contributed by atoms with E-state index < -0.39 is 5.79 Å². The number of hydrogen-bond acceptors (Lipinski definition) is 4. The third-order valence-corrected chi connectivity index (χ3v) is 1.52. The summed E-state index contributed by atoms with van der Waals surface area (Å²) < 4.78 is 9.87. The van der Waals surface area contributed by atoms with Crippen LogP contribution in [0.2, 0.25) is 0 Å². The van der Waals surface area contributed by atoms with E-state index in [1.165, 1.54) is 20.3 Å². The van der Waals surface area contributed by atoms with Gasteiger partial charge in [0.05, 0.1) is 11.8 Å². The molecule has 0 spiro atoms. The first kappa shape index (κ1) is 9.95. The van der Waals surface area contributed by atoms with Gasteiger partial charge in [-0.15, -0.1) is 0 Å². The van der Waals surface area contributed by atoms with Crippen molar-refractivity contribution in [2.75, 3.05) is 14.2 Å². The molecule has 0 unspecified atom stereocenters. The predicted octanol–water partition coefficient (Wildman–Crippen LogP) is 0.362. The summed E-state index contributed by atoms with van der Waals surface area (Å²) in [7, 11) is 2.92. The van der Waals surface area contributed by atoms with Crippen LogP contribution in [0.4, 0.5) is 0 Å². The van der Waals surface area contributed by atoms with Crippen LogP contribution in [-0.2, 0) is 9.47 Å². The van der Waals surface area contributed by atoms with Crippen LogP contribution < -0.4 is 5.73 Å². The van der Waals surface area contributed by atoms with Crippen molar-refractivity contribution < 1.29 is 9.47 Å². The molecular formula is C7H12N2O2. The maximum Gasteiger partial charge on any atom is 0.206 e. The molecule has 0 aromatic carbocycles. The van der Waals surface area contributed by atoms with E-state index in [2.05, 4.69) is 0 Å². The van der Waals surface area contributed by atoms with Crippen molar-refractivity contribution in [2.24, 2.45) is 5.73 Å². The second-order valence-corrected chi connectivity index (χ2v) is 2.08. The van der Waals surface area contributed by atoms with Crippen LogP contribution in [0, 0.1) is 11.3 Å². The summed E-state index contributed by atoms with van der Waals surface area (Å²) in [6.45, 7) is 1.64. The summed E-state index contributed by atoms with van der Waals surface area (Å²) in [5, 5.41) is 8.27. The SMILES string of the molecule is COC(C)(OC)C(N)=CC#N. The summed E-state index contributed by atoms with van der Waals surface area (Å²) >= 11 is 0. The number of ether oxygens (including phenoxy) is 2. The van der Waals surface area contributed by atoms with Gasteiger partial charge in [-0.3, -0.25) is 0 Å². The smallest absolute Gasteiger partial charge is 0.206 e. The predicted molar refractivity (Wildman–Crippen MR) is 40.3 cm³/mol. The monoisotopic (exact) mass is 156 g/mol. The molecule has 0 aliphatic heterocycles. The highest BCUT2D eigenvalue weighted by molar-refractivity contribution is 5.16. The molecular weight excluding hydrogens is 144 g/mol. The van der Waals surface area contributed by atoms with Crippen LogP contribution in [0.3, 0.4) is 0 Å². The second-order valence-electron chi connectivity index (χ2n) is 2.08. The summed E-state index contributed by atoms with van der Waals surface area (Å²) in [6, 6.07) is 1.79. The minimum atomic E-state index is -0.990. The van der Waals surface area contributed by atoms with Gasteiger partial charge in [0.25, 0.3) is 0 Å². The van der Waals surface area contributed by atoms with Crippen LogP contribution in [0.15, 0.2) is 11.8 Å². The van der Waals surface area contributed by atoms with Crippen LogP contribution in [-0.4, -0.2) is 20.0 Å². The standard InChI is InChI=1S/C7H12N2O2/c1-7(10-2,11-3)6(9)4-5-8/h4H,9H2,1-3H3. The molecule has 0 atom stereocenters. The number of methoxy groups -OCH3 is 2. The van der Waals surface area contributed by atoms with Gasteiger partial charge in [-0.25, -0.2) is 0 Å². The van der Waals surface area contributed by atoms with Crippen LogP contribution >= 0.6 is 0 Å². The maximum absolute atomic E-state index is 8.27. The highest BCUT2D eigenvalue weighted by atomic mass is 16.7. The Morgan fingerprint density at radius 1 is 1.55 bits per heavy atom. The summed E-state index contributed by atoms with van der Waals surface area (Å²) in [5.74, 6) is -0.990. The second kappa shape index (κ2) is 3.96. The first-order valence-corrected chi connectivity index (χ1v) is 3.06. The summed E-state index contributed by atoms with van der Waals surface area (Å²) in [6.07, 6.45) is 1.19. The highest BCUT2D eigenvalue weighted by Gasteiger charge is 2.25. The lowest BCUT2D eigenvalue weighted by molar-refractivity contribution is -0.165. The third-order valence-electron chi connectivity index (χ3n) is 1.52. The van der Waals surface area contributed by atoms with Crippen LogP contribution in [0.25, 0.3) is 0 Å². The molecule has 0 aromatic rings. The fraction of sp³-hybridized carbons (Fsp3) is 0.571. The van der Waals surface area contributed by atoms with E-state index >= 15 is 0 Å². The summed E-state index contributed by atoms with van der Waals surface area (Å²) in [4.78, 5) is 0. The van der Waals surface area contributed by atoms with Gasteiger partial charge in [-0.1, -0.05) is 0 Å². The number of nitrogens with zero attached hydrogens (tertiary/aromatic N) is 1. The molecule has 0 amide bonds. The van der Waals surface area contributed by atoms with E-state index in [1.807, 2.05) is 0 Å². The van der Waals surface area contributed by atoms with Crippen molar-refractivity contribution in [3.8, 4) is 6.07 Å². The lowest BCUT2D eigenvalue weighted by atomic mass is 10.2. The van der Waals surface area contributed by atoms with Crippen molar-refractivity contribution in [3.63, 3.8) is 0 Å². The summed E-state index contributed by atoms with van der Waals surface area (Å²) in [5.41, 5.74) is 5.73. The van der Waals surface area contributed by atoms with Crippen LogP contribution in [0.5, 0.6) is 0 Å². The fourth-order valence-corrected chi connectivity index (χ4v) is 0.520. The van der Waals surface area contributed by atoms with E-state index in [1.54, 1.807) is 13.0 Å². The molecule has 0 saturated carbocycles. The van der Waals surface area contributed by atoms with Gasteiger partial charge in [0.2, 0.25) is 5.79 Å². The molecule has 0 aliphatic carbocycles. The Kier molecular flexibility index (Phi) is 3.58. The van der Waals surface area contributed by atoms with Crippen molar-refractivity contribution in [1.29, 1.82) is 5.26 Å². The Bertz CT molecular complexity index is 189. The van der Waals surface area contributed by atoms with Crippen LogP contribution in [0.1, 0.15) is 6.92 Å². The quantitative estimate of drug-likeness (QED) is 0.473. The number of allylic oxidation sites excluding steroid dienone is 1. The van der Waals surface area contributed by atoms with E-state index in [0.29, 0.717) is 0 Å². The normalized spacial score (nSPS) is 12.7. The molecule has 0 bridgehead atoms. The molecule has 62 valence electrons. The molecule has 0 saturated heterocycles. The molecule has 4 heteroatoms. The number of nitriles is 1. The van der Waals surface area contributed by atoms with Gasteiger partial charge in [0, 0.05) is 20.3 Å². The largest absolute Gasteiger partial charge is 0.397 e. The zero-order valence-corrected chi connectivity index (χ0v) is 6.92. The molecule has 0 radical (unpaired) electrons. The molecule has 4 nitrogen and oxygen atoms in total. The maximum atomic E-state index is 8.27. The molecule has 2 N–H and O–H groups in total. The molecule has 0 fully saturated rings. The van der Waals surface area contributed by atoms with Gasteiger partial charge in [-0.2, -0.15) is 5.26 Å². The van der Waals surface area contributed by atoms with Crippen molar-refractivity contribution in [2.45, 2.75) is 12.7 Å². The highest BCUT2D eigenvalue weighted by Crippen LogP contribution is 2.16. The van der Waals surface area contributed by atoms with Crippen molar-refractivity contribution in [1.82, 2.24) is 0 Å². The molecule has 0 rings (SSSR count). The van der Waals surface area contributed by atoms with Crippen molar-refractivity contribution in [3.05, 3.63) is 11.8 Å². The van der Waals surface area contributed by atoms with Gasteiger partial charge in [-0.05, 0) is 6.92 Å². The Morgan fingerprint density at radius 3 is 2.27 bits per heavy atom. The molecule has 0 aromatic heterocycles. The fourth-order valence-electron chi connectivity index (χ4n) is 0.520. The van der Waals surface area contributed by atoms with Gasteiger partial charge < -0.3 is 15.2 Å². The Balaban J connectivity index is 4.52. The Morgan fingerprint density at radius 2 is 2.00 bits per heavy atom. The molecule has 0 heterocycles. The van der Waals surface area contributed by atoms with E-state index in [9.17, 15) is 0 Å². The minimum absolute atomic E-state index is 0.255. The average Bonchev–Trinajstić information content (AvgIpc) is 2.03. The van der Waals surface area contributed by atoms with Gasteiger partial charge in [0.15, 0.2) is 0 Å². The Hall–Kier alpha value is -1.05. The lowest BCUT2D eigenvalue weighted by Crippen LogP contribution is -2.36. The van der Waals surface area contributed by atoms with Gasteiger partial charge in [0.1, 0.15) is 0 Å². The molecule has 0 aliphatic rings. The first-order chi connectivity index (χ1) is 5.10. The third kappa shape index (κ3) is 2.22. The molecule has 11 heavy (non-hydrogen) atoms. The number of rotatable bonds is 3. The average molecular weight is 156 g/mol. The van der Waals surface area contributed by atoms with Crippen molar-refractivity contribution >= 4 is 0 Å². The zero-order valence-electron chi connectivity index (χ0n) is 6.92. The number of hydrogen-bond donors (Lipinski definition) is 1. The zero-order chi connectivity index (χ0) is 8.91. The minimum Gasteiger partial charge on any atom is -0.397 e. The number of nitrogens with two attached hydrogens (primary N) is 1. The lowest BCUT2D eigenvalue weighted by Gasteiger charge is -2.25. The van der Waals surface area contributed by atoms with E-state index in [0.717, 1.165) is 0 Å². The van der Waals surface area contributed by atoms with Gasteiger partial charge >= 0.3 is 0 Å². The topological polar surface area (TPSA) is 68.3 Å². The first-order valence-electron chi connectivity index (χ1n) is 3.06. The Labute approximate surface area is 66.2 Å². The van der Waals surface area contributed by atoms with E-state index in [4.69, 9.17) is 20.5 Å².